The van der Waals surface area contributed by atoms with Crippen LogP contribution in [0.2, 0.25) is 0 Å². The molecule has 0 saturated heterocycles. The summed E-state index contributed by atoms with van der Waals surface area (Å²) < 4.78 is 0. The molecule has 2 heterocycles. The Labute approximate surface area is 121 Å². The number of nitrogen functional groups attached to an aromatic ring is 2. The van der Waals surface area contributed by atoms with Crippen LogP contribution in [-0.4, -0.2) is 16.5 Å². The van der Waals surface area contributed by atoms with E-state index in [2.05, 4.69) is 4.98 Å². The number of nitro groups is 1. The fraction of sp³-hybridized carbons (Fsp3) is 0.214. The summed E-state index contributed by atoms with van der Waals surface area (Å²) in [7, 11) is 0. The molecule has 108 valence electrons. The number of hydrogen-bond acceptors (Lipinski definition) is 6. The molecule has 0 amide bonds. The highest BCUT2D eigenvalue weighted by Crippen LogP contribution is 2.29. The van der Waals surface area contributed by atoms with Gasteiger partial charge in [0.05, 0.1) is 4.92 Å². The molecular weight excluding hydrogens is 270 g/mol. The Morgan fingerprint density at radius 1 is 1.24 bits per heavy atom. The van der Waals surface area contributed by atoms with Crippen LogP contribution in [0.5, 0.6) is 0 Å². The minimum absolute atomic E-state index is 0.0594. The predicted octanol–water partition coefficient (Wildman–Crippen LogP) is 1.72. The van der Waals surface area contributed by atoms with E-state index in [1.165, 1.54) is 11.6 Å². The molecule has 2 aromatic rings. The standard InChI is InChI=1S/C14H15N5O2/c15-11-3-1-2-9-8-18(7-6-10(9)11)13-5-4-12(19(20)21)14(16)17-13/h1-5H,6-8,15H2,(H2,16,17). The Morgan fingerprint density at radius 2 is 2.05 bits per heavy atom. The number of aromatic nitrogens is 1. The molecule has 1 aromatic heterocycles. The molecule has 4 N–H and O–H groups in total. The Balaban J connectivity index is 1.90. The van der Waals surface area contributed by atoms with Crippen LogP contribution in [0.15, 0.2) is 30.3 Å². The van der Waals surface area contributed by atoms with Gasteiger partial charge in [-0.3, -0.25) is 10.1 Å². The van der Waals surface area contributed by atoms with E-state index in [0.717, 1.165) is 24.2 Å². The van der Waals surface area contributed by atoms with Crippen molar-refractivity contribution in [2.45, 2.75) is 13.0 Å². The quantitative estimate of drug-likeness (QED) is 0.493. The van der Waals surface area contributed by atoms with E-state index in [0.29, 0.717) is 12.4 Å². The minimum atomic E-state index is -0.529. The molecule has 7 heteroatoms. The average molecular weight is 285 g/mol. The van der Waals surface area contributed by atoms with Gasteiger partial charge in [-0.15, -0.1) is 0 Å². The molecule has 0 atom stereocenters. The molecule has 0 spiro atoms. The largest absolute Gasteiger partial charge is 0.398 e. The van der Waals surface area contributed by atoms with Gasteiger partial charge in [0.25, 0.3) is 0 Å². The van der Waals surface area contributed by atoms with Gasteiger partial charge >= 0.3 is 5.69 Å². The summed E-state index contributed by atoms with van der Waals surface area (Å²) >= 11 is 0. The van der Waals surface area contributed by atoms with Crippen molar-refractivity contribution in [1.82, 2.24) is 4.98 Å². The number of fused-ring (bicyclic) bond motifs is 1. The van der Waals surface area contributed by atoms with Gasteiger partial charge in [0.1, 0.15) is 5.82 Å². The summed E-state index contributed by atoms with van der Waals surface area (Å²) in [6, 6.07) is 8.89. The molecular formula is C14H15N5O2. The first kappa shape index (κ1) is 13.2. The lowest BCUT2D eigenvalue weighted by Crippen LogP contribution is -2.31. The van der Waals surface area contributed by atoms with Gasteiger partial charge in [-0.2, -0.15) is 0 Å². The maximum Gasteiger partial charge on any atom is 0.311 e. The minimum Gasteiger partial charge on any atom is -0.398 e. The highest BCUT2D eigenvalue weighted by molar-refractivity contribution is 5.60. The summed E-state index contributed by atoms with van der Waals surface area (Å²) in [6.07, 6.45) is 0.820. The number of hydrogen-bond donors (Lipinski definition) is 2. The van der Waals surface area contributed by atoms with E-state index < -0.39 is 4.92 Å². The van der Waals surface area contributed by atoms with Crippen molar-refractivity contribution in [3.05, 3.63) is 51.6 Å². The highest BCUT2D eigenvalue weighted by atomic mass is 16.6. The summed E-state index contributed by atoms with van der Waals surface area (Å²) in [6.45, 7) is 1.43. The molecule has 3 rings (SSSR count). The normalized spacial score (nSPS) is 13.8. The second-order valence-corrected chi connectivity index (χ2v) is 4.99. The van der Waals surface area contributed by atoms with E-state index in [4.69, 9.17) is 11.5 Å². The average Bonchev–Trinajstić information content (AvgIpc) is 2.46. The third kappa shape index (κ3) is 2.33. The number of rotatable bonds is 2. The van der Waals surface area contributed by atoms with Gasteiger partial charge in [-0.25, -0.2) is 4.98 Å². The van der Waals surface area contributed by atoms with Gasteiger partial charge in [0.15, 0.2) is 0 Å². The Kier molecular flexibility index (Phi) is 3.09. The molecule has 0 saturated carbocycles. The molecule has 1 aliphatic rings. The van der Waals surface area contributed by atoms with Crippen LogP contribution in [0.25, 0.3) is 0 Å². The SMILES string of the molecule is Nc1cccc2c1CCN(c1ccc([N+](=O)[O-])c(N)n1)C2. The van der Waals surface area contributed by atoms with Crippen molar-refractivity contribution in [1.29, 1.82) is 0 Å². The summed E-state index contributed by atoms with van der Waals surface area (Å²) in [4.78, 5) is 16.4. The van der Waals surface area contributed by atoms with Crippen LogP contribution >= 0.6 is 0 Å². The van der Waals surface area contributed by atoms with Crippen molar-refractivity contribution in [2.75, 3.05) is 22.9 Å². The van der Waals surface area contributed by atoms with Crippen molar-refractivity contribution in [3.8, 4) is 0 Å². The van der Waals surface area contributed by atoms with Crippen LogP contribution in [0.4, 0.5) is 23.0 Å². The molecule has 0 unspecified atom stereocenters. The predicted molar refractivity (Wildman–Crippen MR) is 80.9 cm³/mol. The van der Waals surface area contributed by atoms with E-state index in [9.17, 15) is 10.1 Å². The highest BCUT2D eigenvalue weighted by Gasteiger charge is 2.21. The molecule has 0 radical (unpaired) electrons. The fourth-order valence-electron chi connectivity index (χ4n) is 2.62. The van der Waals surface area contributed by atoms with E-state index in [1.807, 2.05) is 23.1 Å². The van der Waals surface area contributed by atoms with Crippen LogP contribution in [0.3, 0.4) is 0 Å². The number of anilines is 3. The zero-order valence-electron chi connectivity index (χ0n) is 11.3. The third-order valence-electron chi connectivity index (χ3n) is 3.71. The van der Waals surface area contributed by atoms with Gasteiger partial charge in [-0.1, -0.05) is 12.1 Å². The van der Waals surface area contributed by atoms with E-state index in [-0.39, 0.29) is 11.5 Å². The number of nitrogens with two attached hydrogens (primary N) is 2. The summed E-state index contributed by atoms with van der Waals surface area (Å²) in [5, 5.41) is 10.8. The Bertz CT molecular complexity index is 717. The van der Waals surface area contributed by atoms with Crippen molar-refractivity contribution < 1.29 is 4.92 Å². The van der Waals surface area contributed by atoms with E-state index >= 15 is 0 Å². The Hall–Kier alpha value is -2.83. The second kappa shape index (κ2) is 4.93. The first-order valence-corrected chi connectivity index (χ1v) is 6.58. The lowest BCUT2D eigenvalue weighted by Gasteiger charge is -2.30. The first-order chi connectivity index (χ1) is 10.1. The molecule has 0 fully saturated rings. The number of nitrogens with zero attached hydrogens (tertiary/aromatic N) is 3. The van der Waals surface area contributed by atoms with Gasteiger partial charge in [0, 0.05) is 24.8 Å². The maximum atomic E-state index is 10.8. The summed E-state index contributed by atoms with van der Waals surface area (Å²) in [5.41, 5.74) is 14.6. The van der Waals surface area contributed by atoms with Crippen LogP contribution in [-0.2, 0) is 13.0 Å². The second-order valence-electron chi connectivity index (χ2n) is 4.99. The monoisotopic (exact) mass is 285 g/mol. The maximum absolute atomic E-state index is 10.8. The van der Waals surface area contributed by atoms with Gasteiger partial charge in [0.2, 0.25) is 5.82 Å². The Morgan fingerprint density at radius 3 is 2.76 bits per heavy atom. The third-order valence-corrected chi connectivity index (χ3v) is 3.71. The number of pyridine rings is 1. The fourth-order valence-corrected chi connectivity index (χ4v) is 2.62. The number of benzene rings is 1. The van der Waals surface area contributed by atoms with Gasteiger partial charge in [-0.05, 0) is 29.7 Å². The van der Waals surface area contributed by atoms with Crippen molar-refractivity contribution >= 4 is 23.0 Å². The van der Waals surface area contributed by atoms with Gasteiger partial charge < -0.3 is 16.4 Å². The lowest BCUT2D eigenvalue weighted by atomic mass is 9.98. The van der Waals surface area contributed by atoms with Crippen molar-refractivity contribution in [2.24, 2.45) is 0 Å². The zero-order chi connectivity index (χ0) is 15.0. The summed E-state index contributed by atoms with van der Waals surface area (Å²) in [5.74, 6) is 0.585. The molecule has 21 heavy (non-hydrogen) atoms. The molecule has 0 aliphatic carbocycles. The molecule has 7 nitrogen and oxygen atoms in total. The smallest absolute Gasteiger partial charge is 0.311 e. The van der Waals surface area contributed by atoms with Crippen LogP contribution < -0.4 is 16.4 Å². The van der Waals surface area contributed by atoms with Crippen LogP contribution in [0.1, 0.15) is 11.1 Å². The lowest BCUT2D eigenvalue weighted by molar-refractivity contribution is -0.384. The molecule has 0 bridgehead atoms. The topological polar surface area (TPSA) is 111 Å². The molecule has 1 aromatic carbocycles. The van der Waals surface area contributed by atoms with Crippen LogP contribution in [0, 0.1) is 10.1 Å². The molecule has 1 aliphatic heterocycles. The first-order valence-electron chi connectivity index (χ1n) is 6.58. The van der Waals surface area contributed by atoms with E-state index in [1.54, 1.807) is 6.07 Å². The zero-order valence-corrected chi connectivity index (χ0v) is 11.3. The van der Waals surface area contributed by atoms with Crippen molar-refractivity contribution in [3.63, 3.8) is 0 Å².